The first-order chi connectivity index (χ1) is 15.2. The predicted molar refractivity (Wildman–Crippen MR) is 123 cm³/mol. The number of aryl methyl sites for hydroxylation is 1. The zero-order chi connectivity index (χ0) is 23.4. The second kappa shape index (κ2) is 9.81. The normalized spacial score (nSPS) is 18.5. The molecule has 0 aromatic heterocycles. The Morgan fingerprint density at radius 2 is 1.56 bits per heavy atom. The molecule has 0 aliphatic heterocycles. The molecule has 1 unspecified atom stereocenters. The average molecular weight is 478 g/mol. The monoisotopic (exact) mass is 477 g/mol. The molecule has 1 aliphatic rings. The second-order valence-corrected chi connectivity index (χ2v) is 11.5. The molecule has 1 N–H and O–H groups in total. The van der Waals surface area contributed by atoms with E-state index in [2.05, 4.69) is 4.72 Å². The first kappa shape index (κ1) is 24.6. The van der Waals surface area contributed by atoms with Crippen molar-refractivity contribution in [2.75, 3.05) is 13.2 Å². The van der Waals surface area contributed by atoms with Gasteiger partial charge < -0.3 is 9.05 Å². The summed E-state index contributed by atoms with van der Waals surface area (Å²) >= 11 is 0. The molecule has 0 heterocycles. The van der Waals surface area contributed by atoms with Gasteiger partial charge in [0.25, 0.3) is 0 Å². The van der Waals surface area contributed by atoms with Gasteiger partial charge in [0.1, 0.15) is 0 Å². The van der Waals surface area contributed by atoms with Crippen LogP contribution >= 0.6 is 7.60 Å². The van der Waals surface area contributed by atoms with Crippen molar-refractivity contribution in [1.82, 2.24) is 4.72 Å². The molecule has 0 saturated carbocycles. The highest BCUT2D eigenvalue weighted by atomic mass is 32.2. The van der Waals surface area contributed by atoms with Crippen LogP contribution in [0.4, 0.5) is 0 Å². The highest BCUT2D eigenvalue weighted by molar-refractivity contribution is 7.90. The molecule has 7 nitrogen and oxygen atoms in total. The van der Waals surface area contributed by atoms with E-state index in [9.17, 15) is 17.8 Å². The Morgan fingerprint density at radius 1 is 0.969 bits per heavy atom. The number of sulfonamides is 1. The van der Waals surface area contributed by atoms with E-state index in [0.29, 0.717) is 12.8 Å². The third kappa shape index (κ3) is 4.65. The summed E-state index contributed by atoms with van der Waals surface area (Å²) in [6.07, 6.45) is 3.61. The molecular formula is C23H28NO6PS. The molecule has 0 spiro atoms. The summed E-state index contributed by atoms with van der Waals surface area (Å²) in [7, 11) is -8.35. The van der Waals surface area contributed by atoms with E-state index >= 15 is 0 Å². The summed E-state index contributed by atoms with van der Waals surface area (Å²) in [5, 5.41) is -1.90. The third-order valence-electron chi connectivity index (χ3n) is 5.06. The summed E-state index contributed by atoms with van der Waals surface area (Å²) in [4.78, 5) is 12.6. The number of hydrogen-bond acceptors (Lipinski definition) is 6. The highest BCUT2D eigenvalue weighted by Gasteiger charge is 2.56. The maximum atomic E-state index is 14.3. The van der Waals surface area contributed by atoms with Crippen molar-refractivity contribution in [2.45, 2.75) is 43.8 Å². The fourth-order valence-electron chi connectivity index (χ4n) is 3.43. The van der Waals surface area contributed by atoms with Crippen LogP contribution in [0.5, 0.6) is 0 Å². The number of carbonyl (C=O) groups excluding carboxylic acids is 1. The van der Waals surface area contributed by atoms with Crippen LogP contribution < -0.4 is 4.72 Å². The molecule has 2 aromatic carbocycles. The summed E-state index contributed by atoms with van der Waals surface area (Å²) in [6.45, 7) is 5.74. The number of rotatable bonds is 10. The van der Waals surface area contributed by atoms with Crippen molar-refractivity contribution in [3.8, 4) is 0 Å². The van der Waals surface area contributed by atoms with Crippen LogP contribution in [-0.4, -0.2) is 27.4 Å². The van der Waals surface area contributed by atoms with Gasteiger partial charge in [-0.3, -0.25) is 9.36 Å². The summed E-state index contributed by atoms with van der Waals surface area (Å²) < 4.78 is 55.3. The number of nitrogens with one attached hydrogen (secondary N) is 1. The predicted octanol–water partition coefficient (Wildman–Crippen LogP) is 4.93. The van der Waals surface area contributed by atoms with Gasteiger partial charge in [0, 0.05) is 11.1 Å². The lowest BCUT2D eigenvalue weighted by Crippen LogP contribution is -2.47. The van der Waals surface area contributed by atoms with Crippen molar-refractivity contribution < 1.29 is 26.8 Å². The minimum absolute atomic E-state index is 0.00258. The van der Waals surface area contributed by atoms with Crippen molar-refractivity contribution in [3.05, 3.63) is 77.4 Å². The van der Waals surface area contributed by atoms with Gasteiger partial charge in [0.15, 0.2) is 11.1 Å². The van der Waals surface area contributed by atoms with Gasteiger partial charge in [0.05, 0.1) is 18.1 Å². The smallest absolute Gasteiger partial charge is 0.307 e. The molecule has 1 aliphatic carbocycles. The molecular weight excluding hydrogens is 449 g/mol. The molecule has 9 heteroatoms. The highest BCUT2D eigenvalue weighted by Crippen LogP contribution is 2.66. The zero-order valence-corrected chi connectivity index (χ0v) is 20.1. The minimum Gasteiger partial charge on any atom is -0.307 e. The van der Waals surface area contributed by atoms with Crippen LogP contribution in [0, 0.1) is 6.92 Å². The number of benzene rings is 2. The Bertz CT molecular complexity index is 1150. The molecule has 3 rings (SSSR count). The van der Waals surface area contributed by atoms with Crippen LogP contribution in [0.2, 0.25) is 0 Å². The van der Waals surface area contributed by atoms with E-state index in [1.165, 1.54) is 24.3 Å². The molecule has 2 aromatic rings. The largest absolute Gasteiger partial charge is 0.360 e. The molecule has 172 valence electrons. The number of carbonyl (C=O) groups is 1. The summed E-state index contributed by atoms with van der Waals surface area (Å²) in [5.74, 6) is -0.316. The SMILES string of the molecule is CCCOP(=O)(OCCC)C1(NS(=O)(=O)c2ccc(C)cc2)C=CC(=O)c2ccccc21. The Kier molecular flexibility index (Phi) is 7.53. The minimum atomic E-state index is -4.17. The van der Waals surface area contributed by atoms with E-state index in [0.717, 1.165) is 5.56 Å². The lowest BCUT2D eigenvalue weighted by molar-refractivity contribution is 0.104. The van der Waals surface area contributed by atoms with Crippen LogP contribution in [0.1, 0.15) is 48.2 Å². The van der Waals surface area contributed by atoms with Gasteiger partial charge in [-0.25, -0.2) is 8.42 Å². The van der Waals surface area contributed by atoms with Gasteiger partial charge >= 0.3 is 7.60 Å². The van der Waals surface area contributed by atoms with E-state index in [1.54, 1.807) is 36.4 Å². The number of fused-ring (bicyclic) bond motifs is 1. The van der Waals surface area contributed by atoms with E-state index in [1.807, 2.05) is 20.8 Å². The van der Waals surface area contributed by atoms with Crippen molar-refractivity contribution >= 4 is 23.4 Å². The topological polar surface area (TPSA) is 98.8 Å². The summed E-state index contributed by atoms with van der Waals surface area (Å²) in [5.41, 5.74) is 1.37. The Balaban J connectivity index is 2.24. The van der Waals surface area contributed by atoms with Crippen molar-refractivity contribution in [2.24, 2.45) is 0 Å². The molecule has 0 radical (unpaired) electrons. The molecule has 0 fully saturated rings. The number of ketones is 1. The fourth-order valence-corrected chi connectivity index (χ4v) is 7.52. The number of hydrogen-bond donors (Lipinski definition) is 1. The molecule has 0 saturated heterocycles. The van der Waals surface area contributed by atoms with Crippen molar-refractivity contribution in [1.29, 1.82) is 0 Å². The second-order valence-electron chi connectivity index (χ2n) is 7.59. The van der Waals surface area contributed by atoms with E-state index in [4.69, 9.17) is 9.05 Å². The standard InChI is InChI=1S/C23H28NO6PS/c1-4-16-29-31(26,30-17-5-2)23(15-14-22(25)20-8-6-7-9-21(20)23)24-32(27,28)19-12-10-18(3)11-13-19/h6-15,24H,4-5,16-17H2,1-3H3. The van der Waals surface area contributed by atoms with E-state index < -0.39 is 22.9 Å². The van der Waals surface area contributed by atoms with Crippen LogP contribution in [-0.2, 0) is 28.9 Å². The maximum Gasteiger partial charge on any atom is 0.360 e. The molecule has 1 atom stereocenters. The Morgan fingerprint density at radius 3 is 2.16 bits per heavy atom. The zero-order valence-electron chi connectivity index (χ0n) is 18.4. The van der Waals surface area contributed by atoms with Crippen LogP contribution in [0.15, 0.2) is 65.6 Å². The van der Waals surface area contributed by atoms with Crippen LogP contribution in [0.25, 0.3) is 0 Å². The molecule has 0 amide bonds. The Hall–Kier alpha value is -2.09. The first-order valence-electron chi connectivity index (χ1n) is 10.5. The van der Waals surface area contributed by atoms with Gasteiger partial charge in [0.2, 0.25) is 10.0 Å². The lowest BCUT2D eigenvalue weighted by Gasteiger charge is -2.39. The summed E-state index contributed by atoms with van der Waals surface area (Å²) in [6, 6.07) is 12.8. The van der Waals surface area contributed by atoms with Gasteiger partial charge in [-0.2, -0.15) is 4.72 Å². The third-order valence-corrected chi connectivity index (χ3v) is 9.11. The van der Waals surface area contributed by atoms with Crippen LogP contribution in [0.3, 0.4) is 0 Å². The van der Waals surface area contributed by atoms with Crippen molar-refractivity contribution in [3.63, 3.8) is 0 Å². The maximum absolute atomic E-state index is 14.3. The Labute approximate surface area is 189 Å². The van der Waals surface area contributed by atoms with Gasteiger partial charge in [-0.1, -0.05) is 55.8 Å². The molecule has 0 bridgehead atoms. The van der Waals surface area contributed by atoms with Gasteiger partial charge in [-0.05, 0) is 44.1 Å². The number of allylic oxidation sites excluding steroid dienone is 1. The molecule has 32 heavy (non-hydrogen) atoms. The van der Waals surface area contributed by atoms with Gasteiger partial charge in [-0.15, -0.1) is 0 Å². The first-order valence-corrected chi connectivity index (χ1v) is 13.5. The quantitative estimate of drug-likeness (QED) is 0.488. The van der Waals surface area contributed by atoms with E-state index in [-0.39, 0.29) is 35.0 Å². The average Bonchev–Trinajstić information content (AvgIpc) is 2.78. The fraction of sp³-hybridized carbons (Fsp3) is 0.348. The lowest BCUT2D eigenvalue weighted by atomic mass is 9.92.